The maximum Gasteiger partial charge on any atom is 0.243 e. The molecule has 5 heteroatoms. The molecule has 1 aliphatic carbocycles. The van der Waals surface area contributed by atoms with Gasteiger partial charge in [0.05, 0.1) is 0 Å². The average Bonchev–Trinajstić information content (AvgIpc) is 2.50. The monoisotopic (exact) mass is 310 g/mol. The maximum atomic E-state index is 11.7. The predicted octanol–water partition coefficient (Wildman–Crippen LogP) is 2.23. The van der Waals surface area contributed by atoms with Crippen molar-refractivity contribution in [3.05, 3.63) is 0 Å². The molecule has 0 aromatic carbocycles. The second-order valence-corrected chi connectivity index (χ2v) is 7.00. The highest BCUT2D eigenvalue weighted by atomic mass is 16.2. The Kier molecular flexibility index (Phi) is 8.28. The van der Waals surface area contributed by atoms with Crippen LogP contribution in [0.1, 0.15) is 52.9 Å². The second kappa shape index (κ2) is 9.70. The van der Waals surface area contributed by atoms with E-state index in [4.69, 9.17) is 0 Å². The Bertz CT molecular complexity index is 358. The largest absolute Gasteiger partial charge is 0.356 e. The Morgan fingerprint density at radius 3 is 2.36 bits per heavy atom. The Morgan fingerprint density at radius 2 is 1.86 bits per heavy atom. The van der Waals surface area contributed by atoms with Crippen LogP contribution in [-0.2, 0) is 4.79 Å². The molecule has 1 aliphatic rings. The predicted molar refractivity (Wildman–Crippen MR) is 93.0 cm³/mol. The Balaban J connectivity index is 2.54. The van der Waals surface area contributed by atoms with Gasteiger partial charge in [0.15, 0.2) is 5.96 Å². The van der Waals surface area contributed by atoms with Gasteiger partial charge in [0.25, 0.3) is 0 Å². The van der Waals surface area contributed by atoms with E-state index >= 15 is 0 Å². The highest BCUT2D eigenvalue weighted by molar-refractivity contribution is 5.84. The van der Waals surface area contributed by atoms with Gasteiger partial charge in [-0.2, -0.15) is 0 Å². The van der Waals surface area contributed by atoms with Crippen LogP contribution in [0, 0.1) is 11.8 Å². The van der Waals surface area contributed by atoms with Crippen molar-refractivity contribution in [3.63, 3.8) is 0 Å². The molecule has 0 bridgehead atoms. The van der Waals surface area contributed by atoms with Crippen LogP contribution in [0.3, 0.4) is 0 Å². The number of likely N-dealkylation sites (N-methyl/N-ethyl adjacent to an activating group) is 1. The first-order chi connectivity index (χ1) is 10.4. The van der Waals surface area contributed by atoms with Crippen LogP contribution in [0.15, 0.2) is 4.99 Å². The van der Waals surface area contributed by atoms with Gasteiger partial charge in [-0.15, -0.1) is 0 Å². The zero-order valence-electron chi connectivity index (χ0n) is 15.0. The summed E-state index contributed by atoms with van der Waals surface area (Å²) in [7, 11) is 3.52. The van der Waals surface area contributed by atoms with Crippen LogP contribution in [-0.4, -0.2) is 50.0 Å². The zero-order valence-corrected chi connectivity index (χ0v) is 15.0. The second-order valence-electron chi connectivity index (χ2n) is 7.00. The molecule has 0 radical (unpaired) electrons. The molecule has 0 aliphatic heterocycles. The van der Waals surface area contributed by atoms with Crippen LogP contribution >= 0.6 is 0 Å². The highest BCUT2D eigenvalue weighted by Crippen LogP contribution is 2.26. The molecule has 1 amide bonds. The molecule has 0 atom stereocenters. The van der Waals surface area contributed by atoms with Crippen LogP contribution < -0.4 is 10.6 Å². The fourth-order valence-corrected chi connectivity index (χ4v) is 2.65. The van der Waals surface area contributed by atoms with Gasteiger partial charge in [0.2, 0.25) is 5.91 Å². The van der Waals surface area contributed by atoms with E-state index in [1.54, 1.807) is 19.0 Å². The molecular formula is C17H34N4O. The third-order valence-electron chi connectivity index (χ3n) is 4.31. The number of guanidine groups is 1. The van der Waals surface area contributed by atoms with Gasteiger partial charge < -0.3 is 15.5 Å². The summed E-state index contributed by atoms with van der Waals surface area (Å²) in [5, 5.41) is 6.87. The first kappa shape index (κ1) is 18.8. The van der Waals surface area contributed by atoms with Crippen molar-refractivity contribution in [1.82, 2.24) is 15.5 Å². The molecule has 0 heterocycles. The minimum absolute atomic E-state index is 0.0281. The lowest BCUT2D eigenvalue weighted by molar-refractivity contribution is -0.127. The molecule has 0 aromatic rings. The Morgan fingerprint density at radius 1 is 1.23 bits per heavy atom. The van der Waals surface area contributed by atoms with Gasteiger partial charge in [-0.05, 0) is 37.5 Å². The Hall–Kier alpha value is -1.26. The van der Waals surface area contributed by atoms with Gasteiger partial charge in [-0.1, -0.05) is 27.2 Å². The normalized spacial score (nSPS) is 22.5. The topological polar surface area (TPSA) is 56.7 Å². The first-order valence-electron chi connectivity index (χ1n) is 8.67. The average molecular weight is 310 g/mol. The van der Waals surface area contributed by atoms with Crippen molar-refractivity contribution in [2.45, 2.75) is 58.9 Å². The van der Waals surface area contributed by atoms with Crippen molar-refractivity contribution in [2.75, 3.05) is 27.2 Å². The van der Waals surface area contributed by atoms with Gasteiger partial charge in [0, 0.05) is 26.7 Å². The molecule has 0 spiro atoms. The minimum Gasteiger partial charge on any atom is -0.356 e. The van der Waals surface area contributed by atoms with E-state index < -0.39 is 0 Å². The van der Waals surface area contributed by atoms with Crippen LogP contribution in [0.5, 0.6) is 0 Å². The molecule has 128 valence electrons. The van der Waals surface area contributed by atoms with E-state index in [0.29, 0.717) is 12.0 Å². The number of nitrogens with zero attached hydrogens (tertiary/aromatic N) is 2. The molecule has 22 heavy (non-hydrogen) atoms. The molecular weight excluding hydrogens is 276 g/mol. The number of carbonyl (C=O) groups excluding carboxylic acids is 1. The summed E-state index contributed by atoms with van der Waals surface area (Å²) in [5.74, 6) is 2.24. The van der Waals surface area contributed by atoms with Crippen LogP contribution in [0.4, 0.5) is 0 Å². The quantitative estimate of drug-likeness (QED) is 0.584. The van der Waals surface area contributed by atoms with Crippen molar-refractivity contribution < 1.29 is 4.79 Å². The smallest absolute Gasteiger partial charge is 0.243 e. The summed E-state index contributed by atoms with van der Waals surface area (Å²) in [5.41, 5.74) is 0. The first-order valence-corrected chi connectivity index (χ1v) is 8.67. The number of rotatable bonds is 6. The minimum atomic E-state index is 0.0281. The third-order valence-corrected chi connectivity index (χ3v) is 4.31. The van der Waals surface area contributed by atoms with Gasteiger partial charge in [-0.25, -0.2) is 4.99 Å². The summed E-state index contributed by atoms with van der Waals surface area (Å²) in [6.45, 7) is 7.68. The lowest BCUT2D eigenvalue weighted by Crippen LogP contribution is -2.46. The summed E-state index contributed by atoms with van der Waals surface area (Å²) in [6, 6.07) is 0.482. The maximum absolute atomic E-state index is 11.7. The molecule has 1 fully saturated rings. The summed E-state index contributed by atoms with van der Waals surface area (Å²) in [6.07, 6.45) is 6.27. The number of carbonyl (C=O) groups is 1. The van der Waals surface area contributed by atoms with Gasteiger partial charge >= 0.3 is 0 Å². The third kappa shape index (κ3) is 7.14. The van der Waals surface area contributed by atoms with Crippen molar-refractivity contribution in [1.29, 1.82) is 0 Å². The highest BCUT2D eigenvalue weighted by Gasteiger charge is 2.20. The van der Waals surface area contributed by atoms with Crippen molar-refractivity contribution >= 4 is 11.9 Å². The van der Waals surface area contributed by atoms with Gasteiger partial charge in [-0.3, -0.25) is 4.79 Å². The fraction of sp³-hybridized carbons (Fsp3) is 0.882. The lowest BCUT2D eigenvalue weighted by atomic mass is 9.84. The fourth-order valence-electron chi connectivity index (χ4n) is 2.65. The lowest BCUT2D eigenvalue weighted by Gasteiger charge is -2.30. The van der Waals surface area contributed by atoms with E-state index in [1.807, 2.05) is 0 Å². The van der Waals surface area contributed by atoms with Crippen molar-refractivity contribution in [3.8, 4) is 0 Å². The molecule has 5 nitrogen and oxygen atoms in total. The number of amides is 1. The number of hydrogen-bond acceptors (Lipinski definition) is 2. The zero-order chi connectivity index (χ0) is 16.5. The number of aliphatic imine (C=N–C) groups is 1. The van der Waals surface area contributed by atoms with Crippen LogP contribution in [0.2, 0.25) is 0 Å². The summed E-state index contributed by atoms with van der Waals surface area (Å²) < 4.78 is 0. The van der Waals surface area contributed by atoms with E-state index in [2.05, 4.69) is 36.4 Å². The molecule has 1 rings (SSSR count). The van der Waals surface area contributed by atoms with E-state index in [1.165, 1.54) is 32.1 Å². The standard InChI is InChI=1S/C17H34N4O/c1-6-14-7-9-15(10-8-14)20-17(18-11-13(2)3)19-12-16(22)21(4)5/h13-15H,6-12H2,1-5H3,(H2,18,19,20). The van der Waals surface area contributed by atoms with E-state index in [-0.39, 0.29) is 12.5 Å². The van der Waals surface area contributed by atoms with E-state index in [0.717, 1.165) is 18.4 Å². The molecule has 0 unspecified atom stereocenters. The van der Waals surface area contributed by atoms with Crippen LogP contribution in [0.25, 0.3) is 0 Å². The molecule has 1 saturated carbocycles. The summed E-state index contributed by atoms with van der Waals surface area (Å²) in [4.78, 5) is 17.8. The number of nitrogens with one attached hydrogen (secondary N) is 2. The SMILES string of the molecule is CCC1CCC(NC(=NCC(=O)N(C)C)NCC(C)C)CC1. The van der Waals surface area contributed by atoms with E-state index in [9.17, 15) is 4.79 Å². The summed E-state index contributed by atoms with van der Waals surface area (Å²) >= 11 is 0. The number of hydrogen-bond donors (Lipinski definition) is 2. The molecule has 0 saturated heterocycles. The van der Waals surface area contributed by atoms with Gasteiger partial charge in [0.1, 0.15) is 6.54 Å². The molecule has 0 aromatic heterocycles. The van der Waals surface area contributed by atoms with Crippen molar-refractivity contribution in [2.24, 2.45) is 16.8 Å². The Labute approximate surface area is 135 Å². The molecule has 2 N–H and O–H groups in total.